The third-order valence-corrected chi connectivity index (χ3v) is 13.9. The van der Waals surface area contributed by atoms with Crippen LogP contribution >= 0.6 is 12.4 Å². The van der Waals surface area contributed by atoms with E-state index in [9.17, 15) is 51.1 Å². The van der Waals surface area contributed by atoms with Crippen LogP contribution in [0.15, 0.2) is 97.1 Å². The van der Waals surface area contributed by atoms with Crippen molar-refractivity contribution in [3.8, 4) is 0 Å². The van der Waals surface area contributed by atoms with E-state index in [0.717, 1.165) is 55.5 Å². The molecule has 3 unspecified atom stereocenters. The van der Waals surface area contributed by atoms with E-state index < -0.39 is 42.7 Å². The van der Waals surface area contributed by atoms with E-state index in [1.165, 1.54) is 17.7 Å². The van der Waals surface area contributed by atoms with Crippen molar-refractivity contribution in [2.75, 3.05) is 26.2 Å². The van der Waals surface area contributed by atoms with Gasteiger partial charge in [-0.05, 0) is 116 Å². The molecule has 3 atom stereocenters. The second-order valence-electron chi connectivity index (χ2n) is 18.2. The van der Waals surface area contributed by atoms with Crippen LogP contribution in [0.5, 0.6) is 0 Å². The molecule has 6 amide bonds. The number of benzene rings is 4. The minimum atomic E-state index is -2.91. The van der Waals surface area contributed by atoms with Crippen LogP contribution in [0.4, 0.5) is 17.6 Å². The van der Waals surface area contributed by atoms with E-state index in [4.69, 9.17) is 0 Å². The first-order valence-electron chi connectivity index (χ1n) is 23.5. The highest BCUT2D eigenvalue weighted by Crippen LogP contribution is 2.38. The Kier molecular flexibility index (Phi) is 17.0. The molecule has 10 rings (SSSR count). The lowest BCUT2D eigenvalue weighted by Crippen LogP contribution is -2.52. The van der Waals surface area contributed by atoms with Crippen molar-refractivity contribution in [3.05, 3.63) is 142 Å². The fourth-order valence-corrected chi connectivity index (χ4v) is 10.3. The number of nitrogens with one attached hydrogen (secondary N) is 3. The minimum absolute atomic E-state index is 0. The number of imide groups is 2. The zero-order chi connectivity index (χ0) is 48.8. The number of amides is 6. The Morgan fingerprint density at radius 1 is 0.571 bits per heavy atom. The van der Waals surface area contributed by atoms with Crippen molar-refractivity contribution in [3.63, 3.8) is 0 Å². The molecule has 4 fully saturated rings. The van der Waals surface area contributed by atoms with Gasteiger partial charge in [0.05, 0.1) is 6.04 Å². The Balaban J connectivity index is 0.000000174. The van der Waals surface area contributed by atoms with Gasteiger partial charge in [0.1, 0.15) is 12.1 Å². The minimum Gasteiger partial charge on any atom is -0.322 e. The molecule has 70 heavy (non-hydrogen) atoms. The molecule has 13 nitrogen and oxygen atoms in total. The summed E-state index contributed by atoms with van der Waals surface area (Å²) in [5, 5.41) is 8.03. The zero-order valence-corrected chi connectivity index (χ0v) is 39.1. The third-order valence-electron chi connectivity index (χ3n) is 13.9. The van der Waals surface area contributed by atoms with E-state index in [1.54, 1.807) is 52.3 Å². The van der Waals surface area contributed by atoms with Gasteiger partial charge in [-0.15, -0.1) is 12.4 Å². The number of piperidine rings is 4. The van der Waals surface area contributed by atoms with Gasteiger partial charge in [-0.2, -0.15) is 0 Å². The number of carbonyl (C=O) groups is 7. The molecular weight excluding hydrogens is 932 g/mol. The van der Waals surface area contributed by atoms with Gasteiger partial charge < -0.3 is 15.1 Å². The summed E-state index contributed by atoms with van der Waals surface area (Å²) >= 11 is 0. The molecule has 0 spiro atoms. The third kappa shape index (κ3) is 11.6. The van der Waals surface area contributed by atoms with Gasteiger partial charge in [0.15, 0.2) is 0 Å². The van der Waals surface area contributed by atoms with Crippen LogP contribution < -0.4 is 16.0 Å². The molecule has 3 N–H and O–H groups in total. The van der Waals surface area contributed by atoms with Crippen LogP contribution in [-0.4, -0.2) is 107 Å². The van der Waals surface area contributed by atoms with Gasteiger partial charge in [0.25, 0.3) is 18.2 Å². The maximum absolute atomic E-state index is 13.9. The van der Waals surface area contributed by atoms with E-state index in [2.05, 4.69) is 28.1 Å². The summed E-state index contributed by atoms with van der Waals surface area (Å²) in [4.78, 5) is 88.3. The number of fused-ring (bicyclic) bond motifs is 2. The monoisotopic (exact) mass is 986 g/mol. The summed E-state index contributed by atoms with van der Waals surface area (Å²) in [6.45, 7) is 4.01. The summed E-state index contributed by atoms with van der Waals surface area (Å²) in [6, 6.07) is 26.3. The number of ketones is 1. The fraction of sp³-hybridized carbons (Fsp3) is 0.404. The van der Waals surface area contributed by atoms with Crippen LogP contribution in [0.1, 0.15) is 128 Å². The van der Waals surface area contributed by atoms with Crippen molar-refractivity contribution in [1.29, 1.82) is 0 Å². The summed E-state index contributed by atoms with van der Waals surface area (Å²) in [7, 11) is 0. The van der Waals surface area contributed by atoms with Gasteiger partial charge in [0, 0.05) is 42.6 Å². The highest BCUT2D eigenvalue weighted by molar-refractivity contribution is 6.06. The molecular formula is C52H55ClF4N6O7. The van der Waals surface area contributed by atoms with E-state index in [-0.39, 0.29) is 66.3 Å². The molecule has 6 aliphatic rings. The smallest absolute Gasteiger partial charge is 0.300 e. The predicted molar refractivity (Wildman–Crippen MR) is 253 cm³/mol. The van der Waals surface area contributed by atoms with Crippen molar-refractivity contribution < 1.29 is 51.1 Å². The average Bonchev–Trinajstić information content (AvgIpc) is 3.86. The number of nitrogens with zero attached hydrogens (tertiary/aromatic N) is 3. The second kappa shape index (κ2) is 23.1. The van der Waals surface area contributed by atoms with Crippen molar-refractivity contribution in [2.24, 2.45) is 0 Å². The molecule has 4 aromatic rings. The first-order valence-corrected chi connectivity index (χ1v) is 23.5. The second-order valence-corrected chi connectivity index (χ2v) is 18.2. The SMILES string of the molecule is Cl.O=C(c1ccccc1)C(F)F.O=C1CCC(N2Cc3cc(C4CCN(C(c5ccccc5)C(F)F)CC4)ccc3C2=O)C(=O)N1.O=C1CCC(N2Cc3cc(C4CCNCC4)ccc3C2=O)C(=O)N1. The lowest BCUT2D eigenvalue weighted by Gasteiger charge is -2.37. The molecule has 0 saturated carbocycles. The molecule has 18 heteroatoms. The van der Waals surface area contributed by atoms with E-state index in [0.29, 0.717) is 61.6 Å². The standard InChI is InChI=1S/C26H27F2N3O3.C18H21N3O3.C8H6F2O.ClH/c27-24(28)23(17-4-2-1-3-5-17)30-12-10-16(11-13-30)18-6-7-20-19(14-18)15-31(26(20)34)21-8-9-22(32)29-25(21)33;22-16-4-3-15(17(23)20-16)21-10-13-9-12(1-2-14(13)18(21)24)11-5-7-19-8-6-11;9-8(10)7(11)6-4-2-1-3-5-6;/h1-7,14,16,21,23-24H,8-13,15H2,(H,29,32,33);1-2,9,11,15,19H,3-8,10H2,(H,20,22,23);1-5,8H;1H. The Labute approximate surface area is 409 Å². The van der Waals surface area contributed by atoms with Crippen LogP contribution in [0.3, 0.4) is 0 Å². The maximum atomic E-state index is 13.9. The Hall–Kier alpha value is -6.30. The van der Waals surface area contributed by atoms with Crippen LogP contribution in [0.2, 0.25) is 0 Å². The number of alkyl halides is 4. The van der Waals surface area contributed by atoms with Crippen LogP contribution in [-0.2, 0) is 32.3 Å². The molecule has 0 radical (unpaired) electrons. The van der Waals surface area contributed by atoms with Crippen molar-refractivity contribution in [1.82, 2.24) is 30.7 Å². The zero-order valence-electron chi connectivity index (χ0n) is 38.3. The average molecular weight is 987 g/mol. The number of hydrogen-bond acceptors (Lipinski definition) is 9. The molecule has 370 valence electrons. The summed E-state index contributed by atoms with van der Waals surface area (Å²) in [5.74, 6) is -1.97. The van der Waals surface area contributed by atoms with Gasteiger partial charge in [-0.1, -0.05) is 84.9 Å². The number of likely N-dealkylation sites (tertiary alicyclic amines) is 1. The number of halogens is 5. The molecule has 0 aliphatic carbocycles. The normalized spacial score (nSPS) is 21.2. The Morgan fingerprint density at radius 2 is 1.03 bits per heavy atom. The number of rotatable bonds is 9. The van der Waals surface area contributed by atoms with Gasteiger partial charge >= 0.3 is 6.43 Å². The number of carbonyl (C=O) groups excluding carboxylic acids is 7. The molecule has 4 aromatic carbocycles. The molecule has 6 heterocycles. The first kappa shape index (κ1) is 51.5. The van der Waals surface area contributed by atoms with Gasteiger partial charge in [-0.25, -0.2) is 17.6 Å². The molecule has 0 aromatic heterocycles. The maximum Gasteiger partial charge on any atom is 0.300 e. The summed E-state index contributed by atoms with van der Waals surface area (Å²) in [6.07, 6.45) is -0.346. The topological polar surface area (TPSA) is 165 Å². The molecule has 6 aliphatic heterocycles. The van der Waals surface area contributed by atoms with Crippen molar-refractivity contribution >= 4 is 53.6 Å². The summed E-state index contributed by atoms with van der Waals surface area (Å²) < 4.78 is 51.3. The lowest BCUT2D eigenvalue weighted by molar-refractivity contribution is -0.138. The van der Waals surface area contributed by atoms with Gasteiger partial charge in [-0.3, -0.25) is 49.1 Å². The molecule has 0 bridgehead atoms. The highest BCUT2D eigenvalue weighted by Gasteiger charge is 2.41. The number of hydrogen-bond donors (Lipinski definition) is 3. The number of Topliss-reactive ketones (excluding diaryl/α,β-unsaturated/α-hetero) is 1. The fourth-order valence-electron chi connectivity index (χ4n) is 10.3. The van der Waals surface area contributed by atoms with E-state index in [1.807, 2.05) is 35.2 Å². The first-order chi connectivity index (χ1) is 33.3. The van der Waals surface area contributed by atoms with Crippen LogP contribution in [0.25, 0.3) is 0 Å². The van der Waals surface area contributed by atoms with E-state index >= 15 is 0 Å². The predicted octanol–water partition coefficient (Wildman–Crippen LogP) is 7.10. The Morgan fingerprint density at radius 3 is 1.47 bits per heavy atom. The van der Waals surface area contributed by atoms with Crippen LogP contribution in [0, 0.1) is 0 Å². The Bertz CT molecular complexity index is 2580. The lowest BCUT2D eigenvalue weighted by atomic mass is 9.87. The largest absolute Gasteiger partial charge is 0.322 e. The quantitative estimate of drug-likeness (QED) is 0.0902. The summed E-state index contributed by atoms with van der Waals surface area (Å²) in [5.41, 5.74) is 6.25. The highest BCUT2D eigenvalue weighted by atomic mass is 35.5. The molecule has 4 saturated heterocycles. The van der Waals surface area contributed by atoms with Gasteiger partial charge in [0.2, 0.25) is 29.4 Å². The van der Waals surface area contributed by atoms with Crippen molar-refractivity contribution in [2.45, 2.75) is 107 Å².